The van der Waals surface area contributed by atoms with Crippen LogP contribution in [0.5, 0.6) is 0 Å². The molecule has 0 bridgehead atoms. The number of aromatic amines is 1. The Labute approximate surface area is 173 Å². The molecule has 0 amide bonds. The summed E-state index contributed by atoms with van der Waals surface area (Å²) in [6.07, 6.45) is -0.294. The van der Waals surface area contributed by atoms with Gasteiger partial charge in [0.05, 0.1) is 17.1 Å². The Balaban J connectivity index is 2.17. The molecule has 0 saturated carbocycles. The van der Waals surface area contributed by atoms with E-state index in [0.717, 1.165) is 0 Å². The number of aliphatic hydroxyl groups excluding tert-OH is 1. The number of rotatable bonds is 4. The predicted octanol–water partition coefficient (Wildman–Crippen LogP) is 1.99. The maximum Gasteiger partial charge on any atom is 0.330 e. The lowest BCUT2D eigenvalue weighted by Crippen LogP contribution is -2.43. The summed E-state index contributed by atoms with van der Waals surface area (Å²) in [7, 11) is -1.97. The highest BCUT2D eigenvalue weighted by molar-refractivity contribution is 14.1. The normalized spacial score (nSPS) is 23.1. The van der Waals surface area contributed by atoms with Crippen LogP contribution in [0.4, 0.5) is 0 Å². The number of ether oxygens (including phenoxy) is 1. The second-order valence-corrected chi connectivity index (χ2v) is 13.7. The predicted molar refractivity (Wildman–Crippen MR) is 115 cm³/mol. The van der Waals surface area contributed by atoms with Crippen LogP contribution in [0.25, 0.3) is 0 Å². The van der Waals surface area contributed by atoms with Crippen molar-refractivity contribution in [1.29, 1.82) is 0 Å². The van der Waals surface area contributed by atoms with Gasteiger partial charge >= 0.3 is 5.69 Å². The van der Waals surface area contributed by atoms with E-state index in [2.05, 4.69) is 73.3 Å². The molecule has 1 aliphatic rings. The van der Waals surface area contributed by atoms with Crippen molar-refractivity contribution in [2.24, 2.45) is 0 Å². The molecular weight excluding hydrogens is 479 g/mol. The van der Waals surface area contributed by atoms with Crippen molar-refractivity contribution < 1.29 is 14.3 Å². The van der Waals surface area contributed by atoms with Gasteiger partial charge in [-0.05, 0) is 18.1 Å². The lowest BCUT2D eigenvalue weighted by atomic mass is 10.2. The molecule has 1 fully saturated rings. The number of nitrogens with one attached hydrogen (secondary N) is 1. The fourth-order valence-corrected chi connectivity index (χ4v) is 3.66. The van der Waals surface area contributed by atoms with E-state index >= 15 is 0 Å². The number of H-pyrrole nitrogens is 1. The van der Waals surface area contributed by atoms with Crippen LogP contribution in [0.1, 0.15) is 39.0 Å². The van der Waals surface area contributed by atoms with Gasteiger partial charge in [0, 0.05) is 12.6 Å². The van der Waals surface area contributed by atoms with E-state index in [1.807, 2.05) is 0 Å². The van der Waals surface area contributed by atoms with Crippen LogP contribution in [0.3, 0.4) is 0 Å². The minimum absolute atomic E-state index is 0.0536. The zero-order valence-electron chi connectivity index (χ0n) is 16.3. The van der Waals surface area contributed by atoms with E-state index in [0.29, 0.717) is 4.43 Å². The van der Waals surface area contributed by atoms with Crippen LogP contribution in [0, 0.1) is 11.8 Å². The maximum absolute atomic E-state index is 12.2. The summed E-state index contributed by atoms with van der Waals surface area (Å²) in [5.74, 6) is 5.55. The Bertz CT molecular complexity index is 846. The second kappa shape index (κ2) is 8.61. The van der Waals surface area contributed by atoms with Gasteiger partial charge in [-0.25, -0.2) is 4.79 Å². The number of hydrogen-bond acceptors (Lipinski definition) is 5. The topological polar surface area (TPSA) is 93.5 Å². The van der Waals surface area contributed by atoms with E-state index in [-0.39, 0.29) is 23.6 Å². The lowest BCUT2D eigenvalue weighted by molar-refractivity contribution is -0.0433. The molecule has 2 N–H and O–H groups in total. The highest BCUT2D eigenvalue weighted by Crippen LogP contribution is 2.37. The van der Waals surface area contributed by atoms with E-state index in [1.165, 1.54) is 10.8 Å². The van der Waals surface area contributed by atoms with Crippen molar-refractivity contribution in [3.8, 4) is 11.8 Å². The number of alkyl halides is 1. The molecule has 2 heterocycles. The van der Waals surface area contributed by atoms with E-state index in [1.54, 1.807) is 0 Å². The molecule has 0 aliphatic carbocycles. The van der Waals surface area contributed by atoms with Gasteiger partial charge in [0.1, 0.15) is 17.9 Å². The first-order valence-electron chi connectivity index (χ1n) is 8.84. The Morgan fingerprint density at radius 1 is 1.44 bits per heavy atom. The monoisotopic (exact) mass is 506 g/mol. The first kappa shape index (κ1) is 22.4. The van der Waals surface area contributed by atoms with E-state index in [9.17, 15) is 14.7 Å². The van der Waals surface area contributed by atoms with E-state index < -0.39 is 38.0 Å². The molecule has 3 atom stereocenters. The molecule has 1 saturated heterocycles. The van der Waals surface area contributed by atoms with Gasteiger partial charge in [0.2, 0.25) is 0 Å². The van der Waals surface area contributed by atoms with Gasteiger partial charge in [-0.1, -0.05) is 55.2 Å². The third kappa shape index (κ3) is 5.32. The van der Waals surface area contributed by atoms with Crippen LogP contribution >= 0.6 is 22.6 Å². The molecular formula is C18H27IN2O5Si. The molecule has 3 unspecified atom stereocenters. The number of nitrogens with zero attached hydrogens (tertiary/aromatic N) is 1. The Kier molecular flexibility index (Phi) is 7.13. The summed E-state index contributed by atoms with van der Waals surface area (Å²) in [6, 6.07) is 0. The number of aliphatic hydroxyl groups is 1. The largest absolute Gasteiger partial charge is 0.414 e. The molecule has 1 aromatic rings. The maximum atomic E-state index is 12.2. The molecule has 1 aromatic heterocycles. The molecule has 27 heavy (non-hydrogen) atoms. The average molecular weight is 506 g/mol. The summed E-state index contributed by atoms with van der Waals surface area (Å²) in [5.41, 5.74) is -0.904. The summed E-state index contributed by atoms with van der Waals surface area (Å²) < 4.78 is 13.9. The summed E-state index contributed by atoms with van der Waals surface area (Å²) in [6.45, 7) is 11.0. The molecule has 1 aliphatic heterocycles. The van der Waals surface area contributed by atoms with Gasteiger partial charge in [-0.2, -0.15) is 0 Å². The highest BCUT2D eigenvalue weighted by Gasteiger charge is 2.41. The SMILES string of the molecule is CC(C)(C)[Si](C)(C)OCC1OC(n2cc(C#CCI)c(=O)[nH]c2=O)CC1O. The van der Waals surface area contributed by atoms with Crippen molar-refractivity contribution >= 4 is 30.9 Å². The van der Waals surface area contributed by atoms with Crippen LogP contribution in [0.15, 0.2) is 15.8 Å². The Hall–Kier alpha value is -0.933. The first-order valence-corrected chi connectivity index (χ1v) is 13.3. The molecule has 9 heteroatoms. The highest BCUT2D eigenvalue weighted by atomic mass is 127. The van der Waals surface area contributed by atoms with Crippen molar-refractivity contribution in [1.82, 2.24) is 9.55 Å². The fraction of sp³-hybridized carbons (Fsp3) is 0.667. The van der Waals surface area contributed by atoms with Gasteiger partial charge in [-0.3, -0.25) is 14.3 Å². The standard InChI is InChI=1S/C18H27IN2O5Si/c1-18(2,3)27(4,5)25-11-14-13(22)9-15(26-14)21-10-12(7-6-8-19)16(23)20-17(21)24/h10,13-15,22H,8-9,11H2,1-5H3,(H,20,23,24). The van der Waals surface area contributed by atoms with Crippen molar-refractivity contribution in [3.63, 3.8) is 0 Å². The molecule has 0 spiro atoms. The minimum atomic E-state index is -1.97. The van der Waals surface area contributed by atoms with Crippen molar-refractivity contribution in [3.05, 3.63) is 32.6 Å². The second-order valence-electron chi connectivity index (χ2n) is 8.15. The van der Waals surface area contributed by atoms with E-state index in [4.69, 9.17) is 9.16 Å². The summed E-state index contributed by atoms with van der Waals surface area (Å²) in [4.78, 5) is 26.3. The van der Waals surface area contributed by atoms with Gasteiger partial charge in [-0.15, -0.1) is 0 Å². The fourth-order valence-electron chi connectivity index (χ4n) is 2.46. The summed E-state index contributed by atoms with van der Waals surface area (Å²) in [5, 5.41) is 10.4. The smallest absolute Gasteiger partial charge is 0.330 e. The first-order chi connectivity index (χ1) is 12.5. The van der Waals surface area contributed by atoms with Crippen LogP contribution in [0.2, 0.25) is 18.1 Å². The molecule has 2 rings (SSSR count). The molecule has 150 valence electrons. The summed E-state index contributed by atoms with van der Waals surface area (Å²) >= 11 is 2.08. The average Bonchev–Trinajstić information content (AvgIpc) is 2.92. The number of hydrogen-bond donors (Lipinski definition) is 2. The molecule has 7 nitrogen and oxygen atoms in total. The third-order valence-electron chi connectivity index (χ3n) is 5.19. The van der Waals surface area contributed by atoms with Crippen molar-refractivity contribution in [2.75, 3.05) is 11.0 Å². The lowest BCUT2D eigenvalue weighted by Gasteiger charge is -2.37. The minimum Gasteiger partial charge on any atom is -0.414 e. The van der Waals surface area contributed by atoms with Crippen molar-refractivity contribution in [2.45, 2.75) is 63.8 Å². The van der Waals surface area contributed by atoms with Gasteiger partial charge in [0.15, 0.2) is 8.32 Å². The zero-order valence-corrected chi connectivity index (χ0v) is 19.5. The Morgan fingerprint density at radius 3 is 2.70 bits per heavy atom. The number of halogens is 1. The molecule has 0 radical (unpaired) electrons. The van der Waals surface area contributed by atoms with Crippen LogP contribution in [-0.2, 0) is 9.16 Å². The van der Waals surface area contributed by atoms with Crippen LogP contribution in [-0.4, -0.2) is 46.2 Å². The molecule has 0 aromatic carbocycles. The Morgan fingerprint density at radius 2 is 2.11 bits per heavy atom. The van der Waals surface area contributed by atoms with Crippen LogP contribution < -0.4 is 11.2 Å². The quantitative estimate of drug-likeness (QED) is 0.282. The van der Waals surface area contributed by atoms with Gasteiger partial charge < -0.3 is 14.3 Å². The zero-order chi connectivity index (χ0) is 20.4. The van der Waals surface area contributed by atoms with Gasteiger partial charge in [0.25, 0.3) is 5.56 Å². The third-order valence-corrected chi connectivity index (χ3v) is 10.1. The number of aromatic nitrogens is 2.